The molecule has 1 rings (SSSR count). The topological polar surface area (TPSA) is 63.6 Å². The molecule has 0 aliphatic heterocycles. The Morgan fingerprint density at radius 3 is 2.61 bits per heavy atom. The monoisotopic (exact) mass is 268 g/mol. The van der Waals surface area contributed by atoms with Gasteiger partial charge in [0.25, 0.3) is 5.78 Å². The van der Waals surface area contributed by atoms with Gasteiger partial charge in [0.15, 0.2) is 0 Å². The molecule has 0 spiro atoms. The number of esters is 1. The molecule has 0 amide bonds. The zero-order valence-corrected chi connectivity index (χ0v) is 10.8. The lowest BCUT2D eigenvalue weighted by Crippen LogP contribution is -2.13. The van der Waals surface area contributed by atoms with Crippen LogP contribution in [0.3, 0.4) is 0 Å². The van der Waals surface area contributed by atoms with Gasteiger partial charge in [0.05, 0.1) is 7.11 Å². The van der Waals surface area contributed by atoms with E-state index in [4.69, 9.17) is 11.6 Å². The number of aryl methyl sites for hydroxylation is 1. The van der Waals surface area contributed by atoms with Crippen LogP contribution in [0.25, 0.3) is 5.76 Å². The van der Waals surface area contributed by atoms with E-state index in [2.05, 4.69) is 4.74 Å². The molecule has 5 heteroatoms. The lowest BCUT2D eigenvalue weighted by atomic mass is 10.1. The summed E-state index contributed by atoms with van der Waals surface area (Å²) in [6.45, 7) is 1.96. The molecular weight excluding hydrogens is 256 g/mol. The molecule has 96 valence electrons. The molecule has 18 heavy (non-hydrogen) atoms. The number of benzene rings is 1. The third-order valence-electron chi connectivity index (χ3n) is 2.38. The molecule has 0 radical (unpaired) electrons. The van der Waals surface area contributed by atoms with E-state index in [9.17, 15) is 14.7 Å². The Balaban J connectivity index is 3.00. The van der Waals surface area contributed by atoms with Crippen LogP contribution >= 0.6 is 11.6 Å². The summed E-state index contributed by atoms with van der Waals surface area (Å²) in [5, 5.41) is 10.2. The van der Waals surface area contributed by atoms with Gasteiger partial charge in [0.1, 0.15) is 5.76 Å². The number of carbonyl (C=O) groups excluding carboxylic acids is 2. The van der Waals surface area contributed by atoms with E-state index in [1.54, 1.807) is 12.1 Å². The number of ketones is 1. The highest BCUT2D eigenvalue weighted by molar-refractivity contribution is 6.39. The molecular formula is C13H13ClO4. The first-order chi connectivity index (χ1) is 8.49. The van der Waals surface area contributed by atoms with Gasteiger partial charge in [-0.1, -0.05) is 30.7 Å². The minimum Gasteiger partial charge on any atom is -0.507 e. The molecule has 0 aliphatic rings. The van der Waals surface area contributed by atoms with Gasteiger partial charge < -0.3 is 9.84 Å². The first kappa shape index (κ1) is 14.3. The van der Waals surface area contributed by atoms with E-state index < -0.39 is 11.8 Å². The molecule has 1 N–H and O–H groups in total. The van der Waals surface area contributed by atoms with Gasteiger partial charge in [-0.05, 0) is 18.1 Å². The lowest BCUT2D eigenvalue weighted by Gasteiger charge is -2.04. The fourth-order valence-electron chi connectivity index (χ4n) is 1.36. The fraction of sp³-hybridized carbons (Fsp3) is 0.231. The second kappa shape index (κ2) is 6.21. The first-order valence-electron chi connectivity index (χ1n) is 5.31. The van der Waals surface area contributed by atoms with Gasteiger partial charge in [0, 0.05) is 16.7 Å². The van der Waals surface area contributed by atoms with Crippen molar-refractivity contribution in [1.29, 1.82) is 0 Å². The highest BCUT2D eigenvalue weighted by Crippen LogP contribution is 2.22. The van der Waals surface area contributed by atoms with Crippen LogP contribution in [0.2, 0.25) is 5.02 Å². The summed E-state index contributed by atoms with van der Waals surface area (Å²) in [6.07, 6.45) is 1.58. The Labute approximate surface area is 110 Å². The highest BCUT2D eigenvalue weighted by atomic mass is 35.5. The Bertz CT molecular complexity index is 506. The van der Waals surface area contributed by atoms with Crippen LogP contribution in [0, 0.1) is 0 Å². The van der Waals surface area contributed by atoms with Crippen molar-refractivity contribution in [1.82, 2.24) is 0 Å². The van der Waals surface area contributed by atoms with Gasteiger partial charge >= 0.3 is 5.97 Å². The Morgan fingerprint density at radius 1 is 1.44 bits per heavy atom. The van der Waals surface area contributed by atoms with E-state index >= 15 is 0 Å². The summed E-state index contributed by atoms with van der Waals surface area (Å²) in [5.41, 5.74) is 1.31. The van der Waals surface area contributed by atoms with E-state index in [0.717, 1.165) is 25.2 Å². The summed E-state index contributed by atoms with van der Waals surface area (Å²) in [5.74, 6) is -2.28. The number of ether oxygens (including phenoxy) is 1. The van der Waals surface area contributed by atoms with Crippen LogP contribution in [-0.2, 0) is 20.7 Å². The van der Waals surface area contributed by atoms with Crippen molar-refractivity contribution in [3.05, 3.63) is 40.4 Å². The Morgan fingerprint density at radius 2 is 2.11 bits per heavy atom. The van der Waals surface area contributed by atoms with Gasteiger partial charge in [0.2, 0.25) is 0 Å². The maximum atomic E-state index is 11.2. The molecule has 0 saturated heterocycles. The first-order valence-corrected chi connectivity index (χ1v) is 5.69. The molecule has 0 atom stereocenters. The molecule has 1 aromatic carbocycles. The molecule has 0 bridgehead atoms. The summed E-state index contributed by atoms with van der Waals surface area (Å²) < 4.78 is 4.24. The molecule has 1 aromatic rings. The number of halogens is 1. The Kier molecular flexibility index (Phi) is 4.92. The summed E-state index contributed by atoms with van der Waals surface area (Å²) >= 11 is 5.99. The average Bonchev–Trinajstić information content (AvgIpc) is 2.37. The maximum absolute atomic E-state index is 11.2. The molecule has 0 unspecified atom stereocenters. The van der Waals surface area contributed by atoms with E-state index in [1.165, 1.54) is 6.07 Å². The minimum absolute atomic E-state index is 0.324. The van der Waals surface area contributed by atoms with Gasteiger partial charge in [-0.25, -0.2) is 4.79 Å². The van der Waals surface area contributed by atoms with E-state index in [1.807, 2.05) is 6.92 Å². The van der Waals surface area contributed by atoms with E-state index in [-0.39, 0.29) is 5.76 Å². The number of methoxy groups -OCH3 is 1. The third kappa shape index (κ3) is 3.34. The Hall–Kier alpha value is -1.81. The predicted molar refractivity (Wildman–Crippen MR) is 68.5 cm³/mol. The van der Waals surface area contributed by atoms with Gasteiger partial charge in [-0.2, -0.15) is 0 Å². The maximum Gasteiger partial charge on any atom is 0.378 e. The summed E-state index contributed by atoms with van der Waals surface area (Å²) in [4.78, 5) is 22.1. The number of hydrogen-bond acceptors (Lipinski definition) is 4. The van der Waals surface area contributed by atoms with Crippen molar-refractivity contribution in [3.63, 3.8) is 0 Å². The smallest absolute Gasteiger partial charge is 0.378 e. The number of aliphatic hydroxyl groups is 1. The fourth-order valence-corrected chi connectivity index (χ4v) is 1.67. The van der Waals surface area contributed by atoms with Gasteiger partial charge in [-0.3, -0.25) is 4.79 Å². The van der Waals surface area contributed by atoms with Crippen LogP contribution in [0.15, 0.2) is 24.3 Å². The third-order valence-corrected chi connectivity index (χ3v) is 2.74. The van der Waals surface area contributed by atoms with Crippen LogP contribution in [-0.4, -0.2) is 24.0 Å². The van der Waals surface area contributed by atoms with Crippen molar-refractivity contribution < 1.29 is 19.4 Å². The van der Waals surface area contributed by atoms with Crippen LogP contribution in [0.1, 0.15) is 18.1 Å². The largest absolute Gasteiger partial charge is 0.507 e. The van der Waals surface area contributed by atoms with Crippen LogP contribution in [0.4, 0.5) is 0 Å². The lowest BCUT2D eigenvalue weighted by molar-refractivity contribution is -0.149. The van der Waals surface area contributed by atoms with Crippen molar-refractivity contribution in [2.75, 3.05) is 7.11 Å². The van der Waals surface area contributed by atoms with Crippen LogP contribution in [0.5, 0.6) is 0 Å². The molecule has 0 fully saturated rings. The van der Waals surface area contributed by atoms with Crippen molar-refractivity contribution in [2.45, 2.75) is 13.3 Å². The quantitative estimate of drug-likeness (QED) is 0.394. The number of hydrogen-bond donors (Lipinski definition) is 1. The molecule has 0 heterocycles. The van der Waals surface area contributed by atoms with Gasteiger partial charge in [-0.15, -0.1) is 0 Å². The van der Waals surface area contributed by atoms with Crippen molar-refractivity contribution in [3.8, 4) is 0 Å². The summed E-state index contributed by atoms with van der Waals surface area (Å²) in [7, 11) is 1.10. The second-order valence-electron chi connectivity index (χ2n) is 3.55. The number of aliphatic hydroxyl groups excluding tert-OH is 1. The van der Waals surface area contributed by atoms with E-state index in [0.29, 0.717) is 10.6 Å². The second-order valence-corrected chi connectivity index (χ2v) is 3.95. The normalized spacial score (nSPS) is 11.2. The predicted octanol–water partition coefficient (Wildman–Crippen LogP) is 2.54. The zero-order chi connectivity index (χ0) is 13.7. The molecule has 4 nitrogen and oxygen atoms in total. The molecule has 0 aromatic heterocycles. The van der Waals surface area contributed by atoms with Crippen molar-refractivity contribution >= 4 is 29.1 Å². The molecule has 0 saturated carbocycles. The SMILES string of the molecule is CCc1ccc(/C(O)=C/C(=O)C(=O)OC)cc1Cl. The average molecular weight is 269 g/mol. The minimum atomic E-state index is -1.03. The highest BCUT2D eigenvalue weighted by Gasteiger charge is 2.13. The van der Waals surface area contributed by atoms with Crippen LogP contribution < -0.4 is 0 Å². The number of carbonyl (C=O) groups is 2. The molecule has 0 aliphatic carbocycles. The standard InChI is InChI=1S/C13H13ClO4/c1-3-8-4-5-9(6-10(8)14)11(15)7-12(16)13(17)18-2/h4-7,15H,3H2,1-2H3/b11-7-. The number of rotatable bonds is 4. The zero-order valence-electron chi connectivity index (χ0n) is 10.1. The van der Waals surface area contributed by atoms with Crippen molar-refractivity contribution in [2.24, 2.45) is 0 Å². The summed E-state index contributed by atoms with van der Waals surface area (Å²) in [6, 6.07) is 4.92.